The summed E-state index contributed by atoms with van der Waals surface area (Å²) < 4.78 is 5.54. The second kappa shape index (κ2) is 5.13. The highest BCUT2D eigenvalue weighted by Gasteiger charge is 2.27. The largest absolute Gasteiger partial charge is 0.393 e. The molecule has 1 aliphatic rings. The fourth-order valence-electron chi connectivity index (χ4n) is 1.84. The minimum Gasteiger partial charge on any atom is -0.393 e. The van der Waals surface area contributed by atoms with Crippen LogP contribution in [0.25, 0.3) is 0 Å². The molecule has 0 aromatic heterocycles. The van der Waals surface area contributed by atoms with Crippen molar-refractivity contribution in [2.24, 2.45) is 5.41 Å². The lowest BCUT2D eigenvalue weighted by molar-refractivity contribution is 0.0213. The Kier molecular flexibility index (Phi) is 4.39. The summed E-state index contributed by atoms with van der Waals surface area (Å²) in [4.78, 5) is 0. The molecular formula is C12H24O2. The van der Waals surface area contributed by atoms with Crippen LogP contribution < -0.4 is 0 Å². The molecular weight excluding hydrogens is 176 g/mol. The molecule has 1 saturated heterocycles. The monoisotopic (exact) mass is 200 g/mol. The Balaban J connectivity index is 2.22. The highest BCUT2D eigenvalue weighted by Crippen LogP contribution is 2.29. The molecule has 0 aromatic rings. The molecule has 1 heterocycles. The Morgan fingerprint density at radius 3 is 2.71 bits per heavy atom. The summed E-state index contributed by atoms with van der Waals surface area (Å²) in [5, 5.41) is 9.98. The van der Waals surface area contributed by atoms with E-state index in [9.17, 15) is 5.11 Å². The number of aliphatic hydroxyl groups excluding tert-OH is 1. The van der Waals surface area contributed by atoms with Crippen LogP contribution in [0.1, 0.15) is 52.9 Å². The van der Waals surface area contributed by atoms with E-state index in [4.69, 9.17) is 4.74 Å². The molecule has 0 radical (unpaired) electrons. The summed E-state index contributed by atoms with van der Waals surface area (Å²) in [6.07, 6.45) is 5.53. The zero-order valence-corrected chi connectivity index (χ0v) is 9.75. The lowest BCUT2D eigenvalue weighted by atomic mass is 9.81. The van der Waals surface area contributed by atoms with Gasteiger partial charge in [0.15, 0.2) is 0 Å². The molecule has 2 atom stereocenters. The van der Waals surface area contributed by atoms with Gasteiger partial charge in [0, 0.05) is 6.61 Å². The Morgan fingerprint density at radius 2 is 2.21 bits per heavy atom. The van der Waals surface area contributed by atoms with Crippen LogP contribution in [0, 0.1) is 5.41 Å². The van der Waals surface area contributed by atoms with Crippen LogP contribution in [0.4, 0.5) is 0 Å². The van der Waals surface area contributed by atoms with E-state index in [0.717, 1.165) is 25.9 Å². The molecule has 0 aromatic carbocycles. The molecule has 1 rings (SSSR count). The summed E-state index contributed by atoms with van der Waals surface area (Å²) in [5.41, 5.74) is 0.0542. The van der Waals surface area contributed by atoms with Crippen LogP contribution in [-0.4, -0.2) is 23.9 Å². The van der Waals surface area contributed by atoms with Gasteiger partial charge in [0.2, 0.25) is 0 Å². The van der Waals surface area contributed by atoms with Crippen LogP contribution >= 0.6 is 0 Å². The average molecular weight is 200 g/mol. The van der Waals surface area contributed by atoms with Crippen LogP contribution in [0.5, 0.6) is 0 Å². The van der Waals surface area contributed by atoms with Gasteiger partial charge in [0.05, 0.1) is 12.2 Å². The third-order valence-electron chi connectivity index (χ3n) is 3.60. The zero-order valence-electron chi connectivity index (χ0n) is 9.75. The second-order valence-corrected chi connectivity index (χ2v) is 5.07. The average Bonchev–Trinajstić information content (AvgIpc) is 2.66. The van der Waals surface area contributed by atoms with E-state index in [0.29, 0.717) is 6.10 Å². The molecule has 2 heteroatoms. The molecule has 0 spiro atoms. The Morgan fingerprint density at radius 1 is 1.50 bits per heavy atom. The number of hydrogen-bond donors (Lipinski definition) is 1. The van der Waals surface area contributed by atoms with Crippen molar-refractivity contribution in [2.75, 3.05) is 6.61 Å². The maximum atomic E-state index is 9.98. The first-order valence-electron chi connectivity index (χ1n) is 5.86. The number of ether oxygens (including phenoxy) is 1. The van der Waals surface area contributed by atoms with Crippen molar-refractivity contribution in [1.29, 1.82) is 0 Å². The van der Waals surface area contributed by atoms with E-state index in [2.05, 4.69) is 20.8 Å². The number of aliphatic hydroxyl groups is 1. The van der Waals surface area contributed by atoms with E-state index in [1.54, 1.807) is 0 Å². The predicted molar refractivity (Wildman–Crippen MR) is 58.3 cm³/mol. The minimum atomic E-state index is -0.184. The van der Waals surface area contributed by atoms with Gasteiger partial charge in [-0.2, -0.15) is 0 Å². The van der Waals surface area contributed by atoms with Crippen molar-refractivity contribution in [3.8, 4) is 0 Å². The van der Waals surface area contributed by atoms with Gasteiger partial charge in [-0.1, -0.05) is 20.8 Å². The third kappa shape index (κ3) is 3.25. The molecule has 0 saturated carbocycles. The van der Waals surface area contributed by atoms with E-state index >= 15 is 0 Å². The number of rotatable bonds is 5. The molecule has 2 unspecified atom stereocenters. The molecule has 14 heavy (non-hydrogen) atoms. The standard InChI is InChI=1S/C12H24O2/c1-4-12(2,3)11(13)8-7-10-6-5-9-14-10/h10-11,13H,4-9H2,1-3H3. The van der Waals surface area contributed by atoms with Gasteiger partial charge in [-0.3, -0.25) is 0 Å². The maximum absolute atomic E-state index is 9.98. The van der Waals surface area contributed by atoms with Gasteiger partial charge < -0.3 is 9.84 Å². The molecule has 2 nitrogen and oxygen atoms in total. The van der Waals surface area contributed by atoms with Crippen molar-refractivity contribution in [3.05, 3.63) is 0 Å². The van der Waals surface area contributed by atoms with Crippen molar-refractivity contribution in [2.45, 2.75) is 65.1 Å². The predicted octanol–water partition coefficient (Wildman–Crippen LogP) is 2.74. The molecule has 1 aliphatic heterocycles. The molecule has 1 N–H and O–H groups in total. The van der Waals surface area contributed by atoms with Crippen LogP contribution in [0.15, 0.2) is 0 Å². The van der Waals surface area contributed by atoms with Crippen molar-refractivity contribution in [1.82, 2.24) is 0 Å². The smallest absolute Gasteiger partial charge is 0.0592 e. The van der Waals surface area contributed by atoms with Crippen molar-refractivity contribution < 1.29 is 9.84 Å². The summed E-state index contributed by atoms with van der Waals surface area (Å²) in [6.45, 7) is 7.31. The maximum Gasteiger partial charge on any atom is 0.0592 e. The van der Waals surface area contributed by atoms with E-state index < -0.39 is 0 Å². The normalized spacial score (nSPS) is 25.3. The fourth-order valence-corrected chi connectivity index (χ4v) is 1.84. The number of hydrogen-bond acceptors (Lipinski definition) is 2. The highest BCUT2D eigenvalue weighted by molar-refractivity contribution is 4.78. The molecule has 1 fully saturated rings. The summed E-state index contributed by atoms with van der Waals surface area (Å²) in [6, 6.07) is 0. The molecule has 0 aliphatic carbocycles. The summed E-state index contributed by atoms with van der Waals surface area (Å²) in [7, 11) is 0. The van der Waals surface area contributed by atoms with Crippen LogP contribution in [-0.2, 0) is 4.74 Å². The molecule has 0 amide bonds. The first kappa shape index (κ1) is 12.0. The first-order valence-corrected chi connectivity index (χ1v) is 5.86. The van der Waals surface area contributed by atoms with Crippen molar-refractivity contribution in [3.63, 3.8) is 0 Å². The second-order valence-electron chi connectivity index (χ2n) is 5.07. The SMILES string of the molecule is CCC(C)(C)C(O)CCC1CCCO1. The van der Waals surface area contributed by atoms with E-state index in [1.807, 2.05) is 0 Å². The van der Waals surface area contributed by atoms with Gasteiger partial charge in [-0.05, 0) is 37.5 Å². The van der Waals surface area contributed by atoms with Crippen LogP contribution in [0.3, 0.4) is 0 Å². The van der Waals surface area contributed by atoms with E-state index in [-0.39, 0.29) is 11.5 Å². The van der Waals surface area contributed by atoms with Gasteiger partial charge in [-0.15, -0.1) is 0 Å². The quantitative estimate of drug-likeness (QED) is 0.739. The third-order valence-corrected chi connectivity index (χ3v) is 3.60. The Labute approximate surface area is 87.7 Å². The first-order chi connectivity index (χ1) is 6.56. The fraction of sp³-hybridized carbons (Fsp3) is 1.00. The molecule has 0 bridgehead atoms. The lowest BCUT2D eigenvalue weighted by Gasteiger charge is -2.29. The van der Waals surface area contributed by atoms with Gasteiger partial charge in [-0.25, -0.2) is 0 Å². The topological polar surface area (TPSA) is 29.5 Å². The van der Waals surface area contributed by atoms with Gasteiger partial charge in [0.1, 0.15) is 0 Å². The van der Waals surface area contributed by atoms with Gasteiger partial charge >= 0.3 is 0 Å². The van der Waals surface area contributed by atoms with E-state index in [1.165, 1.54) is 12.8 Å². The lowest BCUT2D eigenvalue weighted by Crippen LogP contribution is -2.29. The van der Waals surface area contributed by atoms with Crippen LogP contribution in [0.2, 0.25) is 0 Å². The molecule has 84 valence electrons. The highest BCUT2D eigenvalue weighted by atomic mass is 16.5. The summed E-state index contributed by atoms with van der Waals surface area (Å²) >= 11 is 0. The minimum absolute atomic E-state index is 0.0542. The Bertz CT molecular complexity index is 160. The van der Waals surface area contributed by atoms with Gasteiger partial charge in [0.25, 0.3) is 0 Å². The van der Waals surface area contributed by atoms with Crippen molar-refractivity contribution >= 4 is 0 Å². The summed E-state index contributed by atoms with van der Waals surface area (Å²) in [5.74, 6) is 0. The Hall–Kier alpha value is -0.0800. The zero-order chi connectivity index (χ0) is 10.6.